The van der Waals surface area contributed by atoms with Crippen LogP contribution < -0.4 is 5.90 Å². The summed E-state index contributed by atoms with van der Waals surface area (Å²) in [6, 6.07) is 0. The molecule has 1 aliphatic rings. The van der Waals surface area contributed by atoms with Crippen LogP contribution in [-0.4, -0.2) is 57.1 Å². The molecule has 1 heterocycles. The Morgan fingerprint density at radius 3 is 2.21 bits per heavy atom. The van der Waals surface area contributed by atoms with Crippen LogP contribution in [0.4, 0.5) is 0 Å². The summed E-state index contributed by atoms with van der Waals surface area (Å²) >= 11 is 0. The van der Waals surface area contributed by atoms with Gasteiger partial charge in [0.1, 0.15) is 18.3 Å². The first-order valence-corrected chi connectivity index (χ1v) is 3.77. The largest absolute Gasteiger partial charge is 0.479 e. The van der Waals surface area contributed by atoms with Gasteiger partial charge in [0, 0.05) is 0 Å². The van der Waals surface area contributed by atoms with Gasteiger partial charge in [-0.15, -0.1) is 0 Å². The average molecular weight is 209 g/mol. The first kappa shape index (κ1) is 11.3. The van der Waals surface area contributed by atoms with Crippen LogP contribution in [0, 0.1) is 0 Å². The van der Waals surface area contributed by atoms with Gasteiger partial charge in [-0.05, 0) is 0 Å². The van der Waals surface area contributed by atoms with Crippen LogP contribution in [-0.2, 0) is 14.4 Å². The van der Waals surface area contributed by atoms with E-state index in [0.29, 0.717) is 0 Å². The minimum Gasteiger partial charge on any atom is -0.479 e. The van der Waals surface area contributed by atoms with E-state index in [0.717, 1.165) is 0 Å². The zero-order valence-electron chi connectivity index (χ0n) is 6.98. The number of aliphatic hydroxyl groups is 3. The Bertz CT molecular complexity index is 220. The maximum Gasteiger partial charge on any atom is 0.335 e. The average Bonchev–Trinajstić information content (AvgIpc) is 2.14. The lowest BCUT2D eigenvalue weighted by molar-refractivity contribution is -0.295. The number of aliphatic carboxylic acids is 1. The molecule has 0 aromatic rings. The van der Waals surface area contributed by atoms with Crippen molar-refractivity contribution in [3.8, 4) is 0 Å². The lowest BCUT2D eigenvalue weighted by atomic mass is 9.99. The highest BCUT2D eigenvalue weighted by Crippen LogP contribution is 2.21. The van der Waals surface area contributed by atoms with Crippen LogP contribution in [0.3, 0.4) is 0 Å². The second kappa shape index (κ2) is 4.17. The van der Waals surface area contributed by atoms with Crippen LogP contribution in [0.25, 0.3) is 0 Å². The van der Waals surface area contributed by atoms with Gasteiger partial charge in [-0.25, -0.2) is 10.7 Å². The van der Waals surface area contributed by atoms with Gasteiger partial charge in [0.05, 0.1) is 0 Å². The van der Waals surface area contributed by atoms with Gasteiger partial charge in [-0.3, -0.25) is 4.84 Å². The van der Waals surface area contributed by atoms with Gasteiger partial charge in [-0.1, -0.05) is 0 Å². The molecule has 1 fully saturated rings. The van der Waals surface area contributed by atoms with Crippen molar-refractivity contribution in [3.05, 3.63) is 0 Å². The fraction of sp³-hybridized carbons (Fsp3) is 0.833. The Labute approximate surface area is 78.4 Å². The lowest BCUT2D eigenvalue weighted by Crippen LogP contribution is -2.60. The van der Waals surface area contributed by atoms with Crippen molar-refractivity contribution >= 4 is 5.97 Å². The van der Waals surface area contributed by atoms with Crippen LogP contribution in [0.1, 0.15) is 0 Å². The standard InChI is InChI=1S/C6H11NO7/c7-14-6-3(10)1(8)2(9)4(13-6)5(11)12/h1-4,6,8-10H,7H2,(H,11,12). The van der Waals surface area contributed by atoms with Crippen LogP contribution in [0.5, 0.6) is 0 Å². The molecule has 1 rings (SSSR count). The van der Waals surface area contributed by atoms with Crippen LogP contribution in [0.2, 0.25) is 0 Å². The molecule has 0 radical (unpaired) electrons. The predicted octanol–water partition coefficient (Wildman–Crippen LogP) is -3.23. The number of hydrogen-bond acceptors (Lipinski definition) is 7. The molecular formula is C6H11NO7. The Hall–Kier alpha value is -0.770. The molecule has 8 heteroatoms. The van der Waals surface area contributed by atoms with Crippen molar-refractivity contribution in [2.24, 2.45) is 5.90 Å². The number of hydrogen-bond donors (Lipinski definition) is 5. The first-order valence-electron chi connectivity index (χ1n) is 3.77. The van der Waals surface area contributed by atoms with Crippen molar-refractivity contribution in [3.63, 3.8) is 0 Å². The smallest absolute Gasteiger partial charge is 0.335 e. The summed E-state index contributed by atoms with van der Waals surface area (Å²) in [5.41, 5.74) is 0. The first-order chi connectivity index (χ1) is 6.49. The van der Waals surface area contributed by atoms with Gasteiger partial charge in [-0.2, -0.15) is 0 Å². The SMILES string of the molecule is NOC1OC(C(=O)O)C(O)C(O)C1O. The van der Waals surface area contributed by atoms with Crippen molar-refractivity contribution in [1.82, 2.24) is 0 Å². The van der Waals surface area contributed by atoms with E-state index in [1.165, 1.54) is 0 Å². The van der Waals surface area contributed by atoms with Gasteiger partial charge < -0.3 is 25.2 Å². The minimum atomic E-state index is -1.73. The highest BCUT2D eigenvalue weighted by Gasteiger charge is 2.47. The number of aliphatic hydroxyl groups excluding tert-OH is 3. The summed E-state index contributed by atoms with van der Waals surface area (Å²) in [4.78, 5) is 14.6. The molecule has 0 bridgehead atoms. The molecule has 14 heavy (non-hydrogen) atoms. The Morgan fingerprint density at radius 1 is 1.21 bits per heavy atom. The lowest BCUT2D eigenvalue weighted by Gasteiger charge is -2.37. The second-order valence-corrected chi connectivity index (χ2v) is 2.87. The monoisotopic (exact) mass is 209 g/mol. The normalized spacial score (nSPS) is 43.6. The van der Waals surface area contributed by atoms with E-state index in [1.54, 1.807) is 0 Å². The molecule has 0 aromatic carbocycles. The summed E-state index contributed by atoms with van der Waals surface area (Å²) in [6.45, 7) is 0. The molecule has 0 aromatic heterocycles. The number of carboxylic acid groups (broad SMARTS) is 1. The van der Waals surface area contributed by atoms with E-state index in [4.69, 9.17) is 11.0 Å². The zero-order valence-corrected chi connectivity index (χ0v) is 6.98. The summed E-state index contributed by atoms with van der Waals surface area (Å²) in [5.74, 6) is 3.21. The molecule has 0 aliphatic carbocycles. The fourth-order valence-electron chi connectivity index (χ4n) is 1.16. The predicted molar refractivity (Wildman–Crippen MR) is 39.6 cm³/mol. The maximum atomic E-state index is 10.5. The summed E-state index contributed by atoms with van der Waals surface area (Å²) in [7, 11) is 0. The molecule has 1 saturated heterocycles. The number of nitrogens with two attached hydrogens (primary N) is 1. The third-order valence-electron chi connectivity index (χ3n) is 1.95. The molecular weight excluding hydrogens is 198 g/mol. The van der Waals surface area contributed by atoms with Gasteiger partial charge >= 0.3 is 5.97 Å². The third-order valence-corrected chi connectivity index (χ3v) is 1.95. The topological polar surface area (TPSA) is 142 Å². The summed E-state index contributed by atoms with van der Waals surface area (Å²) in [6.07, 6.45) is -8.16. The summed E-state index contributed by atoms with van der Waals surface area (Å²) in [5, 5.41) is 36.1. The van der Waals surface area contributed by atoms with Crippen molar-refractivity contribution in [1.29, 1.82) is 0 Å². The van der Waals surface area contributed by atoms with Crippen LogP contribution >= 0.6 is 0 Å². The maximum absolute atomic E-state index is 10.5. The molecule has 5 atom stereocenters. The van der Waals surface area contributed by atoms with E-state index in [2.05, 4.69) is 9.57 Å². The highest BCUT2D eigenvalue weighted by atomic mass is 16.8. The molecule has 5 unspecified atom stereocenters. The fourth-order valence-corrected chi connectivity index (χ4v) is 1.16. The molecule has 82 valence electrons. The van der Waals surface area contributed by atoms with E-state index in [1.807, 2.05) is 0 Å². The number of ether oxygens (including phenoxy) is 1. The minimum absolute atomic E-state index is 1.48. The molecule has 8 nitrogen and oxygen atoms in total. The Morgan fingerprint density at radius 2 is 1.79 bits per heavy atom. The molecule has 6 N–H and O–H groups in total. The van der Waals surface area contributed by atoms with Gasteiger partial charge in [0.15, 0.2) is 6.10 Å². The molecule has 0 saturated carbocycles. The van der Waals surface area contributed by atoms with E-state index < -0.39 is 36.7 Å². The molecule has 0 spiro atoms. The molecule has 1 aliphatic heterocycles. The van der Waals surface area contributed by atoms with E-state index in [-0.39, 0.29) is 0 Å². The summed E-state index contributed by atoms with van der Waals surface area (Å²) < 4.78 is 4.59. The van der Waals surface area contributed by atoms with Crippen molar-refractivity contribution in [2.45, 2.75) is 30.7 Å². The molecule has 0 amide bonds. The third kappa shape index (κ3) is 1.85. The van der Waals surface area contributed by atoms with Gasteiger partial charge in [0.2, 0.25) is 6.29 Å². The number of carbonyl (C=O) groups is 1. The van der Waals surface area contributed by atoms with Crippen molar-refractivity contribution < 1.29 is 34.8 Å². The number of rotatable bonds is 2. The highest BCUT2D eigenvalue weighted by molar-refractivity contribution is 5.73. The van der Waals surface area contributed by atoms with E-state index in [9.17, 15) is 20.1 Å². The quantitative estimate of drug-likeness (QED) is 0.299. The van der Waals surface area contributed by atoms with E-state index >= 15 is 0 Å². The zero-order chi connectivity index (χ0) is 10.9. The second-order valence-electron chi connectivity index (χ2n) is 2.87. The Kier molecular flexibility index (Phi) is 3.37. The van der Waals surface area contributed by atoms with Gasteiger partial charge in [0.25, 0.3) is 0 Å². The van der Waals surface area contributed by atoms with Crippen LogP contribution in [0.15, 0.2) is 0 Å². The number of carboxylic acids is 1. The van der Waals surface area contributed by atoms with Crippen molar-refractivity contribution in [2.75, 3.05) is 0 Å². The Balaban J connectivity index is 2.78.